The lowest BCUT2D eigenvalue weighted by Gasteiger charge is -2.34. The minimum absolute atomic E-state index is 0.118. The molecular formula is C13H16N4O2. The van der Waals surface area contributed by atoms with E-state index in [1.807, 2.05) is 0 Å². The summed E-state index contributed by atoms with van der Waals surface area (Å²) >= 11 is 0. The van der Waals surface area contributed by atoms with E-state index in [1.54, 1.807) is 0 Å². The molecule has 1 aliphatic carbocycles. The second-order valence-corrected chi connectivity index (χ2v) is 5.14. The van der Waals surface area contributed by atoms with E-state index in [2.05, 4.69) is 28.5 Å². The molecule has 0 radical (unpaired) electrons. The van der Waals surface area contributed by atoms with E-state index in [0.29, 0.717) is 18.8 Å². The zero-order chi connectivity index (χ0) is 13.9. The average molecular weight is 260 g/mol. The van der Waals surface area contributed by atoms with Crippen LogP contribution in [-0.4, -0.2) is 21.6 Å². The number of aromatic amines is 1. The maximum absolute atomic E-state index is 12.0. The summed E-state index contributed by atoms with van der Waals surface area (Å²) in [5.74, 6) is 0.164. The highest BCUT2D eigenvalue weighted by atomic mass is 16.2. The average Bonchev–Trinajstić information content (AvgIpc) is 2.42. The smallest absolute Gasteiger partial charge is 0.272 e. The predicted molar refractivity (Wildman–Crippen MR) is 68.3 cm³/mol. The highest BCUT2D eigenvalue weighted by molar-refractivity contribution is 5.92. The van der Waals surface area contributed by atoms with Gasteiger partial charge in [0.25, 0.3) is 11.5 Å². The summed E-state index contributed by atoms with van der Waals surface area (Å²) in [4.78, 5) is 22.9. The Morgan fingerprint density at radius 3 is 2.74 bits per heavy atom. The maximum Gasteiger partial charge on any atom is 0.272 e. The van der Waals surface area contributed by atoms with Gasteiger partial charge >= 0.3 is 0 Å². The largest absolute Gasteiger partial charge is 0.332 e. The lowest BCUT2D eigenvalue weighted by molar-refractivity contribution is 0.0887. The van der Waals surface area contributed by atoms with Gasteiger partial charge in [-0.3, -0.25) is 9.59 Å². The molecular weight excluding hydrogens is 244 g/mol. The fourth-order valence-electron chi connectivity index (χ4n) is 2.27. The van der Waals surface area contributed by atoms with Crippen molar-refractivity contribution in [2.75, 3.05) is 0 Å². The molecule has 1 saturated carbocycles. The molecule has 1 fully saturated rings. The number of amides is 1. The van der Waals surface area contributed by atoms with Crippen LogP contribution in [-0.2, 0) is 0 Å². The predicted octanol–water partition coefficient (Wildman–Crippen LogP) is 0.972. The van der Waals surface area contributed by atoms with E-state index in [-0.39, 0.29) is 11.3 Å². The van der Waals surface area contributed by atoms with Gasteiger partial charge in [0.1, 0.15) is 11.2 Å². The molecule has 0 unspecified atom stereocenters. The van der Waals surface area contributed by atoms with E-state index < -0.39 is 11.4 Å². The summed E-state index contributed by atoms with van der Waals surface area (Å²) in [5.41, 5.74) is -1.05. The molecule has 2 N–H and O–H groups in total. The summed E-state index contributed by atoms with van der Waals surface area (Å²) < 4.78 is 0. The Hall–Kier alpha value is -2.16. The first kappa shape index (κ1) is 13.3. The molecule has 0 aliphatic heterocycles. The monoisotopic (exact) mass is 260 g/mol. The number of carbonyl (C=O) groups excluding carboxylic acids is 1. The van der Waals surface area contributed by atoms with Crippen LogP contribution in [0.15, 0.2) is 16.9 Å². The Bertz CT molecular complexity index is 544. The second kappa shape index (κ2) is 5.22. The van der Waals surface area contributed by atoms with Gasteiger partial charge in [0.15, 0.2) is 0 Å². The van der Waals surface area contributed by atoms with Crippen molar-refractivity contribution in [1.29, 1.82) is 5.26 Å². The molecule has 1 aliphatic rings. The molecule has 1 heterocycles. The van der Waals surface area contributed by atoms with Crippen LogP contribution in [0.3, 0.4) is 0 Å². The van der Waals surface area contributed by atoms with Crippen LogP contribution in [0.25, 0.3) is 0 Å². The molecule has 6 nitrogen and oxygen atoms in total. The Morgan fingerprint density at radius 2 is 2.21 bits per heavy atom. The number of hydrogen-bond acceptors (Lipinski definition) is 4. The fourth-order valence-corrected chi connectivity index (χ4v) is 2.27. The minimum atomic E-state index is -0.804. The fraction of sp³-hybridized carbons (Fsp3) is 0.538. The number of nitriles is 1. The number of carbonyl (C=O) groups is 1. The van der Waals surface area contributed by atoms with E-state index in [9.17, 15) is 14.9 Å². The first-order valence-electron chi connectivity index (χ1n) is 6.34. The van der Waals surface area contributed by atoms with Gasteiger partial charge in [-0.25, -0.2) is 5.10 Å². The highest BCUT2D eigenvalue weighted by Crippen LogP contribution is 2.31. The summed E-state index contributed by atoms with van der Waals surface area (Å²) in [6.07, 6.45) is 3.15. The van der Waals surface area contributed by atoms with Crippen molar-refractivity contribution < 1.29 is 4.79 Å². The van der Waals surface area contributed by atoms with Gasteiger partial charge in [0.05, 0.1) is 6.07 Å². The number of H-pyrrole nitrogens is 1. The third-order valence-corrected chi connectivity index (χ3v) is 3.61. The Labute approximate surface area is 110 Å². The van der Waals surface area contributed by atoms with Crippen molar-refractivity contribution in [3.05, 3.63) is 28.2 Å². The number of rotatable bonds is 2. The number of nitrogens with one attached hydrogen (secondary N) is 2. The van der Waals surface area contributed by atoms with Gasteiger partial charge in [-0.1, -0.05) is 6.92 Å². The summed E-state index contributed by atoms with van der Waals surface area (Å²) in [6, 6.07) is 4.81. The quantitative estimate of drug-likeness (QED) is 0.827. The maximum atomic E-state index is 12.0. The van der Waals surface area contributed by atoms with Crippen LogP contribution < -0.4 is 10.9 Å². The lowest BCUT2D eigenvalue weighted by atomic mass is 9.78. The molecule has 0 saturated heterocycles. The normalized spacial score (nSPS) is 26.4. The molecule has 0 bridgehead atoms. The standard InChI is InChI=1S/C13H16N4O2/c1-9-4-6-13(8-14,7-5-9)15-12(19)10-2-3-11(18)17-16-10/h2-3,9H,4-7H2,1H3,(H,15,19)(H,17,18). The summed E-state index contributed by atoms with van der Waals surface area (Å²) in [5, 5.41) is 17.9. The number of hydrogen-bond donors (Lipinski definition) is 2. The molecule has 0 spiro atoms. The summed E-state index contributed by atoms with van der Waals surface area (Å²) in [7, 11) is 0. The lowest BCUT2D eigenvalue weighted by Crippen LogP contribution is -2.49. The zero-order valence-corrected chi connectivity index (χ0v) is 10.8. The van der Waals surface area contributed by atoms with Gasteiger partial charge in [0.2, 0.25) is 0 Å². The van der Waals surface area contributed by atoms with Gasteiger partial charge < -0.3 is 5.32 Å². The van der Waals surface area contributed by atoms with E-state index in [4.69, 9.17) is 0 Å². The van der Waals surface area contributed by atoms with Crippen LogP contribution in [0.5, 0.6) is 0 Å². The topological polar surface area (TPSA) is 98.6 Å². The Kier molecular flexibility index (Phi) is 3.65. The number of aromatic nitrogens is 2. The van der Waals surface area contributed by atoms with Gasteiger partial charge in [0, 0.05) is 6.07 Å². The van der Waals surface area contributed by atoms with Gasteiger partial charge in [-0.15, -0.1) is 0 Å². The molecule has 19 heavy (non-hydrogen) atoms. The van der Waals surface area contributed by atoms with Crippen LogP contribution >= 0.6 is 0 Å². The van der Waals surface area contributed by atoms with E-state index in [1.165, 1.54) is 12.1 Å². The van der Waals surface area contributed by atoms with Crippen molar-refractivity contribution in [3.8, 4) is 6.07 Å². The third-order valence-electron chi connectivity index (χ3n) is 3.61. The molecule has 1 aromatic heterocycles. The van der Waals surface area contributed by atoms with Gasteiger partial charge in [-0.05, 0) is 37.7 Å². The van der Waals surface area contributed by atoms with E-state index >= 15 is 0 Å². The summed E-state index contributed by atoms with van der Waals surface area (Å²) in [6.45, 7) is 2.15. The first-order valence-corrected chi connectivity index (χ1v) is 6.34. The van der Waals surface area contributed by atoms with Crippen LogP contribution in [0, 0.1) is 17.2 Å². The first-order chi connectivity index (χ1) is 9.04. The van der Waals surface area contributed by atoms with Crippen molar-refractivity contribution >= 4 is 5.91 Å². The van der Waals surface area contributed by atoms with Crippen molar-refractivity contribution in [1.82, 2.24) is 15.5 Å². The molecule has 0 atom stereocenters. The van der Waals surface area contributed by atoms with Crippen LogP contribution in [0.2, 0.25) is 0 Å². The van der Waals surface area contributed by atoms with Crippen molar-refractivity contribution in [2.24, 2.45) is 5.92 Å². The second-order valence-electron chi connectivity index (χ2n) is 5.14. The molecule has 1 aromatic rings. The number of nitrogens with zero attached hydrogens (tertiary/aromatic N) is 2. The molecule has 0 aromatic carbocycles. The molecule has 1 amide bonds. The zero-order valence-electron chi connectivity index (χ0n) is 10.8. The molecule has 2 rings (SSSR count). The third kappa shape index (κ3) is 2.99. The minimum Gasteiger partial charge on any atom is -0.332 e. The van der Waals surface area contributed by atoms with Crippen LogP contribution in [0.1, 0.15) is 43.1 Å². The van der Waals surface area contributed by atoms with Gasteiger partial charge in [-0.2, -0.15) is 10.4 Å². The van der Waals surface area contributed by atoms with Crippen LogP contribution in [0.4, 0.5) is 0 Å². The van der Waals surface area contributed by atoms with Crippen molar-refractivity contribution in [2.45, 2.75) is 38.1 Å². The highest BCUT2D eigenvalue weighted by Gasteiger charge is 2.36. The Morgan fingerprint density at radius 1 is 1.53 bits per heavy atom. The Balaban J connectivity index is 2.11. The van der Waals surface area contributed by atoms with Crippen molar-refractivity contribution in [3.63, 3.8) is 0 Å². The molecule has 6 heteroatoms. The molecule has 100 valence electrons. The SMILES string of the molecule is CC1CCC(C#N)(NC(=O)c2ccc(=O)[nH]n2)CC1. The van der Waals surface area contributed by atoms with E-state index in [0.717, 1.165) is 12.8 Å².